The van der Waals surface area contributed by atoms with Crippen molar-refractivity contribution in [3.63, 3.8) is 0 Å². The first-order valence-electron chi connectivity index (χ1n) is 10.6. The summed E-state index contributed by atoms with van der Waals surface area (Å²) in [4.78, 5) is 15.2. The zero-order valence-electron chi connectivity index (χ0n) is 19.0. The number of hydrogen-bond acceptors (Lipinski definition) is 3. The summed E-state index contributed by atoms with van der Waals surface area (Å²) in [6, 6.07) is 6.43. The van der Waals surface area contributed by atoms with Crippen molar-refractivity contribution in [3.8, 4) is 11.1 Å². The molecule has 0 bridgehead atoms. The monoisotopic (exact) mass is 483 g/mol. The van der Waals surface area contributed by atoms with Crippen molar-refractivity contribution in [2.75, 3.05) is 26.4 Å². The number of nitrogens with zero attached hydrogens (tertiary/aromatic N) is 2. The van der Waals surface area contributed by atoms with Gasteiger partial charge >= 0.3 is 6.03 Å². The van der Waals surface area contributed by atoms with Crippen molar-refractivity contribution in [2.45, 2.75) is 38.5 Å². The van der Waals surface area contributed by atoms with E-state index in [2.05, 4.69) is 4.72 Å². The van der Waals surface area contributed by atoms with Crippen LogP contribution in [0.5, 0.6) is 0 Å². The van der Waals surface area contributed by atoms with Crippen LogP contribution < -0.4 is 4.72 Å². The Morgan fingerprint density at radius 2 is 1.73 bits per heavy atom. The van der Waals surface area contributed by atoms with E-state index < -0.39 is 45.9 Å². The molecule has 33 heavy (non-hydrogen) atoms. The highest BCUT2D eigenvalue weighted by atomic mass is 32.2. The standard InChI is InChI=1S/C23H28F3N3O3S/c1-5-33(31,32)27-22-18(24)13-29(23(30)28(3)4)19(22)12-15-9-7-11-17(21(15)26)16-10-6-8-14(2)20(16)25/h6-11,18-19,22,27H,5,12-13H2,1-4H3/t18-,19-,22-/m0/s1. The molecule has 180 valence electrons. The molecule has 1 aliphatic heterocycles. The van der Waals surface area contributed by atoms with Crippen LogP contribution in [-0.4, -0.2) is 68.9 Å². The minimum absolute atomic E-state index is 0.0414. The smallest absolute Gasteiger partial charge is 0.319 e. The van der Waals surface area contributed by atoms with E-state index in [4.69, 9.17) is 0 Å². The van der Waals surface area contributed by atoms with Crippen molar-refractivity contribution in [1.82, 2.24) is 14.5 Å². The summed E-state index contributed by atoms with van der Waals surface area (Å²) in [6.45, 7) is 2.67. The molecule has 0 aromatic heterocycles. The van der Waals surface area contributed by atoms with Crippen LogP contribution in [0.1, 0.15) is 18.1 Å². The molecule has 2 amide bonds. The predicted octanol–water partition coefficient (Wildman–Crippen LogP) is 3.49. The molecule has 0 aliphatic carbocycles. The van der Waals surface area contributed by atoms with E-state index in [9.17, 15) is 22.0 Å². The van der Waals surface area contributed by atoms with Gasteiger partial charge in [0.05, 0.1) is 24.4 Å². The van der Waals surface area contributed by atoms with Gasteiger partial charge in [0.15, 0.2) is 0 Å². The van der Waals surface area contributed by atoms with Gasteiger partial charge in [-0.15, -0.1) is 0 Å². The van der Waals surface area contributed by atoms with Crippen molar-refractivity contribution >= 4 is 16.1 Å². The zero-order valence-corrected chi connectivity index (χ0v) is 19.8. The van der Waals surface area contributed by atoms with Gasteiger partial charge in [-0.2, -0.15) is 0 Å². The van der Waals surface area contributed by atoms with Gasteiger partial charge < -0.3 is 9.80 Å². The second kappa shape index (κ2) is 9.72. The predicted molar refractivity (Wildman–Crippen MR) is 121 cm³/mol. The number of urea groups is 1. The van der Waals surface area contributed by atoms with E-state index in [0.717, 1.165) is 0 Å². The summed E-state index contributed by atoms with van der Waals surface area (Å²) in [5.41, 5.74) is 0.628. The highest BCUT2D eigenvalue weighted by molar-refractivity contribution is 7.89. The number of aryl methyl sites for hydroxylation is 1. The van der Waals surface area contributed by atoms with Crippen LogP contribution in [-0.2, 0) is 16.4 Å². The average molecular weight is 484 g/mol. The van der Waals surface area contributed by atoms with Gasteiger partial charge in [-0.3, -0.25) is 0 Å². The lowest BCUT2D eigenvalue weighted by molar-refractivity contribution is 0.161. The summed E-state index contributed by atoms with van der Waals surface area (Å²) in [5, 5.41) is 0. The van der Waals surface area contributed by atoms with Crippen LogP contribution in [0.15, 0.2) is 36.4 Å². The lowest BCUT2D eigenvalue weighted by atomic mass is 9.95. The number of carbonyl (C=O) groups excluding carboxylic acids is 1. The number of carbonyl (C=O) groups is 1. The van der Waals surface area contributed by atoms with Gasteiger partial charge in [0, 0.05) is 25.2 Å². The quantitative estimate of drug-likeness (QED) is 0.684. The maximum Gasteiger partial charge on any atom is 0.319 e. The fourth-order valence-corrected chi connectivity index (χ4v) is 4.94. The lowest BCUT2D eigenvalue weighted by Crippen LogP contribution is -2.51. The highest BCUT2D eigenvalue weighted by Crippen LogP contribution is 2.32. The summed E-state index contributed by atoms with van der Waals surface area (Å²) >= 11 is 0. The molecule has 3 atom stereocenters. The molecule has 10 heteroatoms. The Morgan fingerprint density at radius 3 is 2.33 bits per heavy atom. The number of hydrogen-bond donors (Lipinski definition) is 1. The number of halogens is 3. The van der Waals surface area contributed by atoms with Crippen molar-refractivity contribution in [1.29, 1.82) is 0 Å². The van der Waals surface area contributed by atoms with E-state index >= 15 is 4.39 Å². The summed E-state index contributed by atoms with van der Waals surface area (Å²) in [7, 11) is -0.791. The Hall–Kier alpha value is -2.59. The Bertz CT molecular complexity index is 1140. The van der Waals surface area contributed by atoms with Crippen LogP contribution in [0, 0.1) is 18.6 Å². The van der Waals surface area contributed by atoms with Crippen LogP contribution in [0.4, 0.5) is 18.0 Å². The second-order valence-corrected chi connectivity index (χ2v) is 10.4. The van der Waals surface area contributed by atoms with Crippen molar-refractivity contribution in [2.24, 2.45) is 0 Å². The fourth-order valence-electron chi connectivity index (χ4n) is 4.06. The third-order valence-corrected chi connectivity index (χ3v) is 7.28. The number of alkyl halides is 1. The van der Waals surface area contributed by atoms with Crippen molar-refractivity contribution < 1.29 is 26.4 Å². The molecule has 6 nitrogen and oxygen atoms in total. The third-order valence-electron chi connectivity index (χ3n) is 5.89. The number of benzene rings is 2. The molecule has 1 saturated heterocycles. The summed E-state index contributed by atoms with van der Waals surface area (Å²) in [5.74, 6) is -1.50. The molecule has 2 aromatic rings. The largest absolute Gasteiger partial charge is 0.331 e. The van der Waals surface area contributed by atoms with Gasteiger partial charge in [0.1, 0.15) is 17.8 Å². The first kappa shape index (κ1) is 25.0. The Balaban J connectivity index is 2.03. The van der Waals surface area contributed by atoms with Crippen LogP contribution in [0.2, 0.25) is 0 Å². The maximum absolute atomic E-state index is 15.5. The Morgan fingerprint density at radius 1 is 1.12 bits per heavy atom. The molecule has 1 fully saturated rings. The van der Waals surface area contributed by atoms with Gasteiger partial charge in [-0.05, 0) is 31.4 Å². The van der Waals surface area contributed by atoms with E-state index in [1.807, 2.05) is 0 Å². The minimum Gasteiger partial charge on any atom is -0.331 e. The van der Waals surface area contributed by atoms with E-state index in [1.165, 1.54) is 49.0 Å². The van der Waals surface area contributed by atoms with E-state index in [0.29, 0.717) is 5.56 Å². The molecule has 0 spiro atoms. The normalized spacial score (nSPS) is 20.8. The highest BCUT2D eigenvalue weighted by Gasteiger charge is 2.46. The average Bonchev–Trinajstić information content (AvgIpc) is 3.06. The van der Waals surface area contributed by atoms with Gasteiger partial charge in [-0.25, -0.2) is 31.1 Å². The number of sulfonamides is 1. The SMILES string of the molecule is CCS(=O)(=O)N[C@H]1[C@@H](F)CN(C(=O)N(C)C)[C@H]1Cc1cccc(-c2cccc(C)c2F)c1F. The first-order chi connectivity index (χ1) is 15.5. The van der Waals surface area contributed by atoms with Crippen molar-refractivity contribution in [3.05, 3.63) is 59.2 Å². The molecule has 1 heterocycles. The molecule has 1 N–H and O–H groups in total. The van der Waals surface area contributed by atoms with Crippen LogP contribution in [0.25, 0.3) is 11.1 Å². The molecule has 0 unspecified atom stereocenters. The number of rotatable bonds is 6. The Kier molecular flexibility index (Phi) is 7.38. The zero-order chi connectivity index (χ0) is 24.5. The van der Waals surface area contributed by atoms with E-state index in [-0.39, 0.29) is 35.4 Å². The third kappa shape index (κ3) is 5.16. The van der Waals surface area contributed by atoms with Gasteiger partial charge in [-0.1, -0.05) is 36.4 Å². The molecule has 0 saturated carbocycles. The number of likely N-dealkylation sites (tertiary alicyclic amines) is 1. The second-order valence-electron chi connectivity index (χ2n) is 8.38. The van der Waals surface area contributed by atoms with Crippen LogP contribution in [0.3, 0.4) is 0 Å². The van der Waals surface area contributed by atoms with Gasteiger partial charge in [0.2, 0.25) is 10.0 Å². The first-order valence-corrected chi connectivity index (χ1v) is 12.3. The number of nitrogens with one attached hydrogen (secondary N) is 1. The summed E-state index contributed by atoms with van der Waals surface area (Å²) in [6.07, 6.45) is -1.81. The molecule has 2 aromatic carbocycles. The molecular weight excluding hydrogens is 455 g/mol. The molecule has 3 rings (SSSR count). The topological polar surface area (TPSA) is 69.7 Å². The lowest BCUT2D eigenvalue weighted by Gasteiger charge is -2.30. The molecule has 0 radical (unpaired) electrons. The molecular formula is C23H28F3N3O3S. The maximum atomic E-state index is 15.5. The Labute approximate surface area is 192 Å². The fraction of sp³-hybridized carbons (Fsp3) is 0.435. The van der Waals surface area contributed by atoms with Crippen LogP contribution >= 0.6 is 0 Å². The molecule has 1 aliphatic rings. The van der Waals surface area contributed by atoms with Gasteiger partial charge in [0.25, 0.3) is 0 Å². The summed E-state index contributed by atoms with van der Waals surface area (Å²) < 4.78 is 71.8. The number of amides is 2. The van der Waals surface area contributed by atoms with E-state index in [1.54, 1.807) is 25.1 Å². The minimum atomic E-state index is -3.79.